The fourth-order valence-corrected chi connectivity index (χ4v) is 3.03. The SMILES string of the molecule is CCOC(=O)c1cc(N2CCC(C)C[C@@H]2C)ccc1[N+](=O)[O-]. The minimum atomic E-state index is -0.644. The Kier molecular flexibility index (Phi) is 5.00. The molecule has 1 saturated heterocycles. The molecule has 120 valence electrons. The third kappa shape index (κ3) is 3.37. The number of carbonyl (C=O) groups excluding carboxylic acids is 1. The Hall–Kier alpha value is -2.11. The van der Waals surface area contributed by atoms with E-state index in [0.29, 0.717) is 12.0 Å². The summed E-state index contributed by atoms with van der Waals surface area (Å²) in [5.41, 5.74) is 0.656. The molecule has 6 heteroatoms. The van der Waals surface area contributed by atoms with Gasteiger partial charge in [0.25, 0.3) is 5.69 Å². The highest BCUT2D eigenvalue weighted by Gasteiger charge is 2.27. The van der Waals surface area contributed by atoms with E-state index >= 15 is 0 Å². The minimum Gasteiger partial charge on any atom is -0.462 e. The number of carbonyl (C=O) groups is 1. The monoisotopic (exact) mass is 306 g/mol. The standard InChI is InChI=1S/C16H22N2O4/c1-4-22-16(19)14-10-13(5-6-15(14)18(20)21)17-8-7-11(2)9-12(17)3/h5-6,10-12H,4,7-9H2,1-3H3/t11?,12-/m0/s1. The number of anilines is 1. The van der Waals surface area contributed by atoms with E-state index in [4.69, 9.17) is 4.74 Å². The van der Waals surface area contributed by atoms with Crippen LogP contribution in [0.1, 0.15) is 44.0 Å². The Balaban J connectivity index is 2.36. The molecule has 1 unspecified atom stereocenters. The maximum Gasteiger partial charge on any atom is 0.345 e. The first-order valence-electron chi connectivity index (χ1n) is 7.66. The minimum absolute atomic E-state index is 0.0233. The number of nitro benzene ring substituents is 1. The lowest BCUT2D eigenvalue weighted by atomic mass is 9.92. The molecule has 1 fully saturated rings. The number of nitrogens with zero attached hydrogens (tertiary/aromatic N) is 2. The number of benzene rings is 1. The van der Waals surface area contributed by atoms with Crippen molar-refractivity contribution >= 4 is 17.3 Å². The molecule has 1 aromatic rings. The van der Waals surface area contributed by atoms with Crippen LogP contribution in [0.4, 0.5) is 11.4 Å². The van der Waals surface area contributed by atoms with Crippen molar-refractivity contribution in [2.75, 3.05) is 18.1 Å². The van der Waals surface area contributed by atoms with E-state index in [9.17, 15) is 14.9 Å². The predicted octanol–water partition coefficient (Wildman–Crippen LogP) is 3.40. The first-order valence-corrected chi connectivity index (χ1v) is 7.66. The van der Waals surface area contributed by atoms with E-state index < -0.39 is 10.9 Å². The number of ether oxygens (including phenoxy) is 1. The molecule has 0 spiro atoms. The molecule has 0 amide bonds. The summed E-state index contributed by atoms with van der Waals surface area (Å²) in [6.07, 6.45) is 2.15. The summed E-state index contributed by atoms with van der Waals surface area (Å²) in [6.45, 7) is 7.14. The van der Waals surface area contributed by atoms with Gasteiger partial charge in [0, 0.05) is 24.3 Å². The number of nitro groups is 1. The lowest BCUT2D eigenvalue weighted by molar-refractivity contribution is -0.385. The number of esters is 1. The lowest BCUT2D eigenvalue weighted by Crippen LogP contribution is -2.40. The number of piperidine rings is 1. The largest absolute Gasteiger partial charge is 0.462 e. The molecule has 2 atom stereocenters. The highest BCUT2D eigenvalue weighted by Crippen LogP contribution is 2.31. The Labute approximate surface area is 130 Å². The molecule has 0 N–H and O–H groups in total. The molecule has 6 nitrogen and oxygen atoms in total. The van der Waals surface area contributed by atoms with Crippen LogP contribution in [0.5, 0.6) is 0 Å². The summed E-state index contributed by atoms with van der Waals surface area (Å²) >= 11 is 0. The average molecular weight is 306 g/mol. The van der Waals surface area contributed by atoms with Gasteiger partial charge in [0.15, 0.2) is 0 Å². The Morgan fingerprint density at radius 1 is 1.45 bits per heavy atom. The van der Waals surface area contributed by atoms with Crippen molar-refractivity contribution in [3.05, 3.63) is 33.9 Å². The Bertz CT molecular complexity index is 573. The normalized spacial score (nSPS) is 21.5. The van der Waals surface area contributed by atoms with E-state index in [1.807, 2.05) is 0 Å². The first kappa shape index (κ1) is 16.3. The molecule has 0 aliphatic carbocycles. The second kappa shape index (κ2) is 6.77. The summed E-state index contributed by atoms with van der Waals surface area (Å²) in [5.74, 6) is 0.0305. The molecule has 1 aliphatic rings. The van der Waals surface area contributed by atoms with Gasteiger partial charge in [-0.05, 0) is 44.7 Å². The van der Waals surface area contributed by atoms with Gasteiger partial charge < -0.3 is 9.64 Å². The van der Waals surface area contributed by atoms with Crippen LogP contribution < -0.4 is 4.90 Å². The smallest absolute Gasteiger partial charge is 0.345 e. The van der Waals surface area contributed by atoms with Gasteiger partial charge in [0.05, 0.1) is 11.5 Å². The maximum absolute atomic E-state index is 12.0. The van der Waals surface area contributed by atoms with Gasteiger partial charge >= 0.3 is 5.97 Å². The third-order valence-electron chi connectivity index (χ3n) is 4.14. The number of hydrogen-bond acceptors (Lipinski definition) is 5. The van der Waals surface area contributed by atoms with Gasteiger partial charge in [-0.3, -0.25) is 10.1 Å². The van der Waals surface area contributed by atoms with Gasteiger partial charge in [-0.1, -0.05) is 6.92 Å². The average Bonchev–Trinajstić information content (AvgIpc) is 2.46. The fourth-order valence-electron chi connectivity index (χ4n) is 3.03. The Morgan fingerprint density at radius 3 is 2.77 bits per heavy atom. The Morgan fingerprint density at radius 2 is 2.18 bits per heavy atom. The van der Waals surface area contributed by atoms with Crippen molar-refractivity contribution in [3.63, 3.8) is 0 Å². The topological polar surface area (TPSA) is 72.7 Å². The van der Waals surface area contributed by atoms with Gasteiger partial charge in [-0.25, -0.2) is 4.79 Å². The fraction of sp³-hybridized carbons (Fsp3) is 0.562. The van der Waals surface area contributed by atoms with Crippen LogP contribution in [-0.2, 0) is 4.74 Å². The molecule has 0 saturated carbocycles. The maximum atomic E-state index is 12.0. The van der Waals surface area contributed by atoms with E-state index in [2.05, 4.69) is 18.7 Å². The summed E-state index contributed by atoms with van der Waals surface area (Å²) in [6, 6.07) is 5.04. The van der Waals surface area contributed by atoms with Crippen LogP contribution in [0.15, 0.2) is 18.2 Å². The molecule has 22 heavy (non-hydrogen) atoms. The second-order valence-corrected chi connectivity index (χ2v) is 5.85. The van der Waals surface area contributed by atoms with E-state index in [1.165, 1.54) is 6.07 Å². The first-order chi connectivity index (χ1) is 10.4. The lowest BCUT2D eigenvalue weighted by Gasteiger charge is -2.38. The van der Waals surface area contributed by atoms with Gasteiger partial charge in [0.1, 0.15) is 5.56 Å². The van der Waals surface area contributed by atoms with Crippen LogP contribution >= 0.6 is 0 Å². The van der Waals surface area contributed by atoms with Crippen LogP contribution in [0.25, 0.3) is 0 Å². The molecule has 1 aromatic carbocycles. The van der Waals surface area contributed by atoms with Crippen LogP contribution in [0.3, 0.4) is 0 Å². The van der Waals surface area contributed by atoms with Crippen LogP contribution in [-0.4, -0.2) is 30.1 Å². The predicted molar refractivity (Wildman–Crippen MR) is 84.3 cm³/mol. The highest BCUT2D eigenvalue weighted by atomic mass is 16.6. The van der Waals surface area contributed by atoms with Crippen molar-refractivity contribution in [3.8, 4) is 0 Å². The second-order valence-electron chi connectivity index (χ2n) is 5.85. The van der Waals surface area contributed by atoms with Crippen LogP contribution in [0, 0.1) is 16.0 Å². The molecule has 0 aromatic heterocycles. The van der Waals surface area contributed by atoms with Crippen molar-refractivity contribution in [1.82, 2.24) is 0 Å². The van der Waals surface area contributed by atoms with Crippen molar-refractivity contribution < 1.29 is 14.5 Å². The number of rotatable bonds is 4. The van der Waals surface area contributed by atoms with Gasteiger partial charge in [-0.2, -0.15) is 0 Å². The molecule has 1 aliphatic heterocycles. The van der Waals surface area contributed by atoms with Crippen molar-refractivity contribution in [2.24, 2.45) is 5.92 Å². The molecule has 0 radical (unpaired) electrons. The summed E-state index contributed by atoms with van der Waals surface area (Å²) in [7, 11) is 0. The zero-order chi connectivity index (χ0) is 16.3. The molecule has 0 bridgehead atoms. The van der Waals surface area contributed by atoms with Gasteiger partial charge in [0.2, 0.25) is 0 Å². The molecule has 1 heterocycles. The van der Waals surface area contributed by atoms with Crippen LogP contribution in [0.2, 0.25) is 0 Å². The van der Waals surface area contributed by atoms with Gasteiger partial charge in [-0.15, -0.1) is 0 Å². The zero-order valence-electron chi connectivity index (χ0n) is 13.2. The van der Waals surface area contributed by atoms with E-state index in [0.717, 1.165) is 25.1 Å². The zero-order valence-corrected chi connectivity index (χ0v) is 13.2. The molecule has 2 rings (SSSR count). The summed E-state index contributed by atoms with van der Waals surface area (Å²) < 4.78 is 4.94. The highest BCUT2D eigenvalue weighted by molar-refractivity contribution is 5.95. The molecular formula is C16H22N2O4. The van der Waals surface area contributed by atoms with Crippen molar-refractivity contribution in [2.45, 2.75) is 39.7 Å². The van der Waals surface area contributed by atoms with E-state index in [1.54, 1.807) is 19.1 Å². The van der Waals surface area contributed by atoms with Crippen molar-refractivity contribution in [1.29, 1.82) is 0 Å². The van der Waals surface area contributed by atoms with E-state index in [-0.39, 0.29) is 17.9 Å². The summed E-state index contributed by atoms with van der Waals surface area (Å²) in [4.78, 5) is 24.8. The third-order valence-corrected chi connectivity index (χ3v) is 4.14. The molecular weight excluding hydrogens is 284 g/mol. The quantitative estimate of drug-likeness (QED) is 0.484. The summed E-state index contributed by atoms with van der Waals surface area (Å²) in [5, 5.41) is 11.1. The number of hydrogen-bond donors (Lipinski definition) is 0.